The van der Waals surface area contributed by atoms with E-state index in [1.807, 2.05) is 19.1 Å². The number of carbonyl (C=O) groups is 1. The van der Waals surface area contributed by atoms with Gasteiger partial charge >= 0.3 is 0 Å². The Labute approximate surface area is 187 Å². The van der Waals surface area contributed by atoms with Crippen LogP contribution in [0.1, 0.15) is 28.4 Å². The maximum atomic E-state index is 12.8. The van der Waals surface area contributed by atoms with Crippen LogP contribution in [0, 0.1) is 6.92 Å². The molecule has 0 saturated carbocycles. The average molecular weight is 456 g/mol. The van der Waals surface area contributed by atoms with Crippen LogP contribution in [-0.2, 0) is 16.6 Å². The van der Waals surface area contributed by atoms with E-state index in [0.29, 0.717) is 41.7 Å². The highest BCUT2D eigenvalue weighted by Crippen LogP contribution is 2.30. The van der Waals surface area contributed by atoms with Crippen molar-refractivity contribution in [2.75, 3.05) is 22.9 Å². The molecule has 0 aliphatic rings. The quantitative estimate of drug-likeness (QED) is 0.505. The molecule has 0 atom stereocenters. The van der Waals surface area contributed by atoms with Gasteiger partial charge in [-0.2, -0.15) is 0 Å². The lowest BCUT2D eigenvalue weighted by Gasteiger charge is -2.14. The maximum absolute atomic E-state index is 12.8. The van der Waals surface area contributed by atoms with E-state index in [0.717, 1.165) is 17.4 Å². The van der Waals surface area contributed by atoms with Crippen molar-refractivity contribution in [2.24, 2.45) is 0 Å². The molecule has 2 aromatic carbocycles. The largest absolute Gasteiger partial charge is 0.490 e. The Morgan fingerprint density at radius 2 is 1.75 bits per heavy atom. The Kier molecular flexibility index (Phi) is 7.32. The number of aryl methyl sites for hydroxylation is 1. The normalized spacial score (nSPS) is 11.0. The molecule has 0 bridgehead atoms. The number of nitrogens with zero attached hydrogens (tertiary/aromatic N) is 1. The minimum absolute atomic E-state index is 0.341. The highest BCUT2D eigenvalue weighted by Gasteiger charge is 2.14. The van der Waals surface area contributed by atoms with Crippen LogP contribution in [0.4, 0.5) is 11.4 Å². The number of sulfonamides is 1. The minimum atomic E-state index is -3.44. The third kappa shape index (κ3) is 6.45. The SMILES string of the molecule is CCOc1cc(C(=O)Nc2ccc(C)c(NS(C)(=O)=O)c2)ccc1OCc1ccncc1. The molecule has 0 aliphatic heterocycles. The number of hydrogen-bond acceptors (Lipinski definition) is 6. The van der Waals surface area contributed by atoms with Crippen molar-refractivity contribution in [1.29, 1.82) is 0 Å². The first kappa shape index (κ1) is 23.1. The van der Waals surface area contributed by atoms with Crippen molar-refractivity contribution in [1.82, 2.24) is 4.98 Å². The smallest absolute Gasteiger partial charge is 0.255 e. The van der Waals surface area contributed by atoms with Gasteiger partial charge in [0, 0.05) is 23.6 Å². The summed E-state index contributed by atoms with van der Waals surface area (Å²) in [7, 11) is -3.44. The van der Waals surface area contributed by atoms with Crippen LogP contribution in [0.3, 0.4) is 0 Å². The summed E-state index contributed by atoms with van der Waals surface area (Å²) in [4.78, 5) is 16.8. The lowest BCUT2D eigenvalue weighted by atomic mass is 10.1. The lowest BCUT2D eigenvalue weighted by molar-refractivity contribution is 0.102. The Hall–Kier alpha value is -3.59. The predicted octanol–water partition coefficient (Wildman–Crippen LogP) is 3.99. The number of nitrogens with one attached hydrogen (secondary N) is 2. The fraction of sp³-hybridized carbons (Fsp3) is 0.217. The van der Waals surface area contributed by atoms with E-state index in [1.165, 1.54) is 0 Å². The minimum Gasteiger partial charge on any atom is -0.490 e. The van der Waals surface area contributed by atoms with Gasteiger partial charge in [-0.3, -0.25) is 14.5 Å². The first-order chi connectivity index (χ1) is 15.2. The lowest BCUT2D eigenvalue weighted by Crippen LogP contribution is -2.14. The van der Waals surface area contributed by atoms with Crippen molar-refractivity contribution in [3.63, 3.8) is 0 Å². The van der Waals surface area contributed by atoms with E-state index in [-0.39, 0.29) is 5.91 Å². The predicted molar refractivity (Wildman–Crippen MR) is 124 cm³/mol. The van der Waals surface area contributed by atoms with Crippen molar-refractivity contribution >= 4 is 27.3 Å². The molecule has 168 valence electrons. The van der Waals surface area contributed by atoms with Crippen LogP contribution in [0.15, 0.2) is 60.9 Å². The van der Waals surface area contributed by atoms with Gasteiger partial charge in [-0.1, -0.05) is 6.07 Å². The number of amides is 1. The molecule has 0 saturated heterocycles. The Morgan fingerprint density at radius 1 is 1.00 bits per heavy atom. The first-order valence-electron chi connectivity index (χ1n) is 9.93. The molecule has 0 unspecified atom stereocenters. The zero-order valence-corrected chi connectivity index (χ0v) is 18.9. The van der Waals surface area contributed by atoms with E-state index in [1.54, 1.807) is 55.7 Å². The van der Waals surface area contributed by atoms with E-state index < -0.39 is 10.0 Å². The second-order valence-corrected chi connectivity index (χ2v) is 8.85. The van der Waals surface area contributed by atoms with Gasteiger partial charge in [0.1, 0.15) is 6.61 Å². The van der Waals surface area contributed by atoms with Crippen LogP contribution in [0.2, 0.25) is 0 Å². The second kappa shape index (κ2) is 10.1. The molecule has 3 aromatic rings. The van der Waals surface area contributed by atoms with Gasteiger partial charge < -0.3 is 14.8 Å². The number of pyridine rings is 1. The van der Waals surface area contributed by atoms with E-state index >= 15 is 0 Å². The summed E-state index contributed by atoms with van der Waals surface area (Å²) in [6.45, 7) is 4.38. The molecule has 1 aromatic heterocycles. The zero-order valence-electron chi connectivity index (χ0n) is 18.1. The average Bonchev–Trinajstić information content (AvgIpc) is 2.75. The highest BCUT2D eigenvalue weighted by molar-refractivity contribution is 7.92. The van der Waals surface area contributed by atoms with Crippen molar-refractivity contribution < 1.29 is 22.7 Å². The topological polar surface area (TPSA) is 107 Å². The molecule has 0 radical (unpaired) electrons. The Morgan fingerprint density at radius 3 is 2.44 bits per heavy atom. The van der Waals surface area contributed by atoms with Gasteiger partial charge in [-0.25, -0.2) is 8.42 Å². The molecule has 1 heterocycles. The standard InChI is InChI=1S/C23H25N3O5S/c1-4-30-22-13-18(6-8-21(22)31-15-17-9-11-24-12-10-17)23(27)25-19-7-5-16(2)20(14-19)26-32(3,28)29/h5-14,26H,4,15H2,1-3H3,(H,25,27). The summed E-state index contributed by atoms with van der Waals surface area (Å²) in [5, 5.41) is 2.78. The Bertz CT molecular complexity index is 1200. The van der Waals surface area contributed by atoms with Crippen LogP contribution in [0.25, 0.3) is 0 Å². The number of hydrogen-bond donors (Lipinski definition) is 2. The van der Waals surface area contributed by atoms with Crippen molar-refractivity contribution in [3.05, 3.63) is 77.6 Å². The molecule has 1 amide bonds. The number of anilines is 2. The van der Waals surface area contributed by atoms with Gasteiger partial charge in [0.15, 0.2) is 11.5 Å². The number of benzene rings is 2. The van der Waals surface area contributed by atoms with E-state index in [2.05, 4.69) is 15.0 Å². The Balaban J connectivity index is 1.76. The van der Waals surface area contributed by atoms with E-state index in [9.17, 15) is 13.2 Å². The fourth-order valence-electron chi connectivity index (χ4n) is 2.89. The van der Waals surface area contributed by atoms with Crippen molar-refractivity contribution in [3.8, 4) is 11.5 Å². The maximum Gasteiger partial charge on any atom is 0.255 e. The summed E-state index contributed by atoms with van der Waals surface area (Å²) in [6, 6.07) is 13.7. The zero-order chi connectivity index (χ0) is 23.1. The summed E-state index contributed by atoms with van der Waals surface area (Å²) in [5.74, 6) is 0.619. The van der Waals surface area contributed by atoms with E-state index in [4.69, 9.17) is 9.47 Å². The van der Waals surface area contributed by atoms with Gasteiger partial charge in [0.2, 0.25) is 10.0 Å². The summed E-state index contributed by atoms with van der Waals surface area (Å²) in [6.07, 6.45) is 4.46. The molecule has 8 nitrogen and oxygen atoms in total. The molecule has 3 rings (SSSR count). The molecule has 0 aliphatic carbocycles. The monoisotopic (exact) mass is 455 g/mol. The highest BCUT2D eigenvalue weighted by atomic mass is 32.2. The molecule has 0 fully saturated rings. The van der Waals surface area contributed by atoms with Crippen LogP contribution < -0.4 is 19.5 Å². The molecule has 2 N–H and O–H groups in total. The molecular formula is C23H25N3O5S. The van der Waals surface area contributed by atoms with Crippen LogP contribution in [-0.4, -0.2) is 32.2 Å². The molecule has 32 heavy (non-hydrogen) atoms. The van der Waals surface area contributed by atoms with Gasteiger partial charge in [-0.15, -0.1) is 0 Å². The van der Waals surface area contributed by atoms with Gasteiger partial charge in [-0.05, 0) is 67.4 Å². The second-order valence-electron chi connectivity index (χ2n) is 7.10. The van der Waals surface area contributed by atoms with Crippen molar-refractivity contribution in [2.45, 2.75) is 20.5 Å². The summed E-state index contributed by atoms with van der Waals surface area (Å²) < 4.78 is 37.1. The molecule has 0 spiro atoms. The molecule has 9 heteroatoms. The first-order valence-corrected chi connectivity index (χ1v) is 11.8. The van der Waals surface area contributed by atoms with Crippen LogP contribution in [0.5, 0.6) is 11.5 Å². The number of rotatable bonds is 9. The number of ether oxygens (including phenoxy) is 2. The van der Waals surface area contributed by atoms with Gasteiger partial charge in [0.05, 0.1) is 18.6 Å². The van der Waals surface area contributed by atoms with Gasteiger partial charge in [0.25, 0.3) is 5.91 Å². The number of aromatic nitrogens is 1. The molecular weight excluding hydrogens is 430 g/mol. The number of carbonyl (C=O) groups excluding carboxylic acids is 1. The van der Waals surface area contributed by atoms with Crippen LogP contribution >= 0.6 is 0 Å². The summed E-state index contributed by atoms with van der Waals surface area (Å²) in [5.41, 5.74) is 2.94. The third-order valence-corrected chi connectivity index (χ3v) is 5.03. The fourth-order valence-corrected chi connectivity index (χ4v) is 3.51. The third-order valence-electron chi connectivity index (χ3n) is 4.44. The summed E-state index contributed by atoms with van der Waals surface area (Å²) >= 11 is 0.